The highest BCUT2D eigenvalue weighted by atomic mass is 35.5. The molecule has 7 nitrogen and oxygen atoms in total. The first kappa shape index (κ1) is 18.0. The van der Waals surface area contributed by atoms with E-state index in [0.29, 0.717) is 23.8 Å². The predicted octanol–water partition coefficient (Wildman–Crippen LogP) is 1.35. The molecule has 1 aliphatic heterocycles. The quantitative estimate of drug-likeness (QED) is 0.864. The topological polar surface area (TPSA) is 70.7 Å². The molecule has 2 aromatic rings. The molecule has 1 amide bonds. The van der Waals surface area contributed by atoms with E-state index in [1.807, 2.05) is 13.8 Å². The third-order valence-corrected chi connectivity index (χ3v) is 4.49. The fourth-order valence-corrected chi connectivity index (χ4v) is 3.20. The molecule has 0 bridgehead atoms. The highest BCUT2D eigenvalue weighted by Gasteiger charge is 2.21. The third kappa shape index (κ3) is 4.42. The molecule has 0 saturated carbocycles. The van der Waals surface area contributed by atoms with E-state index in [-0.39, 0.29) is 17.7 Å². The van der Waals surface area contributed by atoms with Crippen molar-refractivity contribution in [1.29, 1.82) is 0 Å². The first-order valence-corrected chi connectivity index (χ1v) is 8.83. The second kappa shape index (κ2) is 7.59. The van der Waals surface area contributed by atoms with Gasteiger partial charge in [-0.25, -0.2) is 4.79 Å². The van der Waals surface area contributed by atoms with Gasteiger partial charge in [-0.15, -0.1) is 0 Å². The van der Waals surface area contributed by atoms with Crippen LogP contribution in [0.3, 0.4) is 0 Å². The molecule has 1 fully saturated rings. The average Bonchev–Trinajstić information content (AvgIpc) is 2.83. The van der Waals surface area contributed by atoms with Crippen LogP contribution in [0.25, 0.3) is 11.1 Å². The molecular formula is C17H23ClN4O3. The smallest absolute Gasteiger partial charge is 0.408 e. The van der Waals surface area contributed by atoms with Gasteiger partial charge >= 0.3 is 5.76 Å². The summed E-state index contributed by atoms with van der Waals surface area (Å²) < 4.78 is 6.88. The number of hydrogen-bond donors (Lipinski definition) is 1. The van der Waals surface area contributed by atoms with Crippen molar-refractivity contribution < 1.29 is 9.21 Å². The standard InChI is InChI=1S/C17H23ClN4O3/c1-12(2)19-16(23)10-20-5-7-21(8-6-20)11-22-14-4-3-13(18)9-15(14)25-17(22)24/h3-4,9,12H,5-8,10-11H2,1-2H3,(H,19,23). The van der Waals surface area contributed by atoms with Crippen LogP contribution in [-0.2, 0) is 11.5 Å². The van der Waals surface area contributed by atoms with Crippen molar-refractivity contribution in [3.8, 4) is 0 Å². The molecule has 0 aliphatic carbocycles. The Morgan fingerprint density at radius 3 is 2.60 bits per heavy atom. The molecular weight excluding hydrogens is 344 g/mol. The van der Waals surface area contributed by atoms with Crippen molar-refractivity contribution in [2.75, 3.05) is 32.7 Å². The summed E-state index contributed by atoms with van der Waals surface area (Å²) in [5, 5.41) is 3.45. The molecule has 1 aliphatic rings. The van der Waals surface area contributed by atoms with Crippen LogP contribution in [0.2, 0.25) is 5.02 Å². The lowest BCUT2D eigenvalue weighted by molar-refractivity contribution is -0.123. The van der Waals surface area contributed by atoms with E-state index in [2.05, 4.69) is 15.1 Å². The lowest BCUT2D eigenvalue weighted by Crippen LogP contribution is -2.50. The van der Waals surface area contributed by atoms with E-state index >= 15 is 0 Å². The van der Waals surface area contributed by atoms with Crippen molar-refractivity contribution in [1.82, 2.24) is 19.7 Å². The molecule has 25 heavy (non-hydrogen) atoms. The Kier molecular flexibility index (Phi) is 5.46. The zero-order valence-electron chi connectivity index (χ0n) is 14.5. The lowest BCUT2D eigenvalue weighted by Gasteiger charge is -2.34. The van der Waals surface area contributed by atoms with E-state index in [4.69, 9.17) is 16.0 Å². The second-order valence-electron chi connectivity index (χ2n) is 6.67. The minimum atomic E-state index is -0.379. The molecule has 1 N–H and O–H groups in total. The van der Waals surface area contributed by atoms with E-state index < -0.39 is 0 Å². The van der Waals surface area contributed by atoms with Crippen molar-refractivity contribution in [3.05, 3.63) is 33.8 Å². The molecule has 3 rings (SSSR count). The number of hydrogen-bond acceptors (Lipinski definition) is 5. The van der Waals surface area contributed by atoms with Gasteiger partial charge in [0.05, 0.1) is 18.7 Å². The van der Waals surface area contributed by atoms with Gasteiger partial charge in [-0.2, -0.15) is 0 Å². The van der Waals surface area contributed by atoms with Gasteiger partial charge in [0.15, 0.2) is 5.58 Å². The molecule has 0 unspecified atom stereocenters. The average molecular weight is 367 g/mol. The monoisotopic (exact) mass is 366 g/mol. The van der Waals surface area contributed by atoms with Gasteiger partial charge in [0, 0.05) is 43.3 Å². The normalized spacial score (nSPS) is 16.6. The number of piperazine rings is 1. The molecule has 0 radical (unpaired) electrons. The third-order valence-electron chi connectivity index (χ3n) is 4.25. The Bertz CT molecular complexity index is 806. The molecule has 0 spiro atoms. The lowest BCUT2D eigenvalue weighted by atomic mass is 10.3. The van der Waals surface area contributed by atoms with Crippen LogP contribution in [-0.4, -0.2) is 59.0 Å². The fourth-order valence-electron chi connectivity index (χ4n) is 3.03. The molecule has 0 atom stereocenters. The van der Waals surface area contributed by atoms with Crippen LogP contribution < -0.4 is 11.1 Å². The number of oxazole rings is 1. The summed E-state index contributed by atoms with van der Waals surface area (Å²) in [6.07, 6.45) is 0. The molecule has 2 heterocycles. The number of carbonyl (C=O) groups excluding carboxylic acids is 1. The van der Waals surface area contributed by atoms with E-state index in [1.165, 1.54) is 0 Å². The zero-order chi connectivity index (χ0) is 18.0. The van der Waals surface area contributed by atoms with Gasteiger partial charge in [0.25, 0.3) is 0 Å². The van der Waals surface area contributed by atoms with Gasteiger partial charge in [-0.3, -0.25) is 19.2 Å². The number of benzene rings is 1. The van der Waals surface area contributed by atoms with Gasteiger partial charge in [-0.05, 0) is 26.0 Å². The highest BCUT2D eigenvalue weighted by molar-refractivity contribution is 6.31. The maximum atomic E-state index is 12.1. The first-order chi connectivity index (χ1) is 11.9. The molecule has 136 valence electrons. The van der Waals surface area contributed by atoms with E-state index in [9.17, 15) is 9.59 Å². The summed E-state index contributed by atoms with van der Waals surface area (Å²) in [6, 6.07) is 5.36. The summed E-state index contributed by atoms with van der Waals surface area (Å²) in [7, 11) is 0. The Morgan fingerprint density at radius 1 is 1.24 bits per heavy atom. The largest absolute Gasteiger partial charge is 0.421 e. The number of rotatable bonds is 5. The molecule has 1 aromatic heterocycles. The Morgan fingerprint density at radius 2 is 1.92 bits per heavy atom. The minimum absolute atomic E-state index is 0.0531. The van der Waals surface area contributed by atoms with Gasteiger partial charge in [0.1, 0.15) is 0 Å². The number of amides is 1. The fraction of sp³-hybridized carbons (Fsp3) is 0.529. The van der Waals surface area contributed by atoms with E-state index in [0.717, 1.165) is 31.7 Å². The Hall–Kier alpha value is -1.83. The molecule has 1 aromatic carbocycles. The number of aromatic nitrogens is 1. The maximum Gasteiger partial charge on any atom is 0.421 e. The summed E-state index contributed by atoms with van der Waals surface area (Å²) in [4.78, 5) is 28.3. The Balaban J connectivity index is 1.59. The highest BCUT2D eigenvalue weighted by Crippen LogP contribution is 2.18. The maximum absolute atomic E-state index is 12.1. The molecule has 8 heteroatoms. The molecule has 1 saturated heterocycles. The van der Waals surface area contributed by atoms with Crippen LogP contribution >= 0.6 is 11.6 Å². The van der Waals surface area contributed by atoms with Crippen LogP contribution in [0.1, 0.15) is 13.8 Å². The van der Waals surface area contributed by atoms with Crippen molar-refractivity contribution >= 4 is 28.6 Å². The van der Waals surface area contributed by atoms with Crippen LogP contribution in [0.5, 0.6) is 0 Å². The summed E-state index contributed by atoms with van der Waals surface area (Å²) >= 11 is 5.94. The minimum Gasteiger partial charge on any atom is -0.408 e. The van der Waals surface area contributed by atoms with Crippen LogP contribution in [0.4, 0.5) is 0 Å². The summed E-state index contributed by atoms with van der Waals surface area (Å²) in [5.41, 5.74) is 1.25. The van der Waals surface area contributed by atoms with Crippen LogP contribution in [0.15, 0.2) is 27.4 Å². The Labute approximate surface area is 151 Å². The number of nitrogens with one attached hydrogen (secondary N) is 1. The van der Waals surface area contributed by atoms with Crippen molar-refractivity contribution in [3.63, 3.8) is 0 Å². The van der Waals surface area contributed by atoms with E-state index in [1.54, 1.807) is 22.8 Å². The van der Waals surface area contributed by atoms with Crippen molar-refractivity contribution in [2.45, 2.75) is 26.6 Å². The number of halogens is 1. The SMILES string of the molecule is CC(C)NC(=O)CN1CCN(Cn2c(=O)oc3cc(Cl)ccc32)CC1. The van der Waals surface area contributed by atoms with Gasteiger partial charge in [0.2, 0.25) is 5.91 Å². The predicted molar refractivity (Wildman–Crippen MR) is 96.8 cm³/mol. The van der Waals surface area contributed by atoms with Crippen LogP contribution in [0, 0.1) is 0 Å². The van der Waals surface area contributed by atoms with Gasteiger partial charge < -0.3 is 9.73 Å². The van der Waals surface area contributed by atoms with Crippen molar-refractivity contribution in [2.24, 2.45) is 0 Å². The second-order valence-corrected chi connectivity index (χ2v) is 7.10. The number of carbonyl (C=O) groups is 1. The summed E-state index contributed by atoms with van der Waals surface area (Å²) in [5.74, 6) is -0.326. The van der Waals surface area contributed by atoms with Gasteiger partial charge in [-0.1, -0.05) is 11.6 Å². The number of fused-ring (bicyclic) bond motifs is 1. The zero-order valence-corrected chi connectivity index (χ0v) is 15.3. The summed E-state index contributed by atoms with van der Waals surface area (Å²) in [6.45, 7) is 7.97. The first-order valence-electron chi connectivity index (χ1n) is 8.45. The number of nitrogens with zero attached hydrogens (tertiary/aromatic N) is 3.